The summed E-state index contributed by atoms with van der Waals surface area (Å²) in [5.74, 6) is 0.190. The van der Waals surface area contributed by atoms with Crippen molar-refractivity contribution in [2.24, 2.45) is 5.73 Å². The predicted molar refractivity (Wildman–Crippen MR) is 52.6 cm³/mol. The molecule has 5 nitrogen and oxygen atoms in total. The van der Waals surface area contributed by atoms with Crippen LogP contribution in [0.4, 0.5) is 13.2 Å². The fourth-order valence-electron chi connectivity index (χ4n) is 1.15. The fraction of sp³-hybridized carbons (Fsp3) is 0.500. The zero-order chi connectivity index (χ0) is 13.3. The molecule has 0 atom stereocenters. The lowest BCUT2D eigenvalue weighted by Crippen LogP contribution is -2.33. The van der Waals surface area contributed by atoms with Gasteiger partial charge in [0.2, 0.25) is 10.0 Å². The maximum atomic E-state index is 11.9. The van der Waals surface area contributed by atoms with E-state index in [2.05, 4.69) is 0 Å². The zero-order valence-corrected chi connectivity index (χ0v) is 9.65. The lowest BCUT2D eigenvalue weighted by molar-refractivity contribution is -0.121. The Bertz CT molecular complexity index is 493. The minimum atomic E-state index is -4.61. The van der Waals surface area contributed by atoms with E-state index in [0.717, 1.165) is 6.07 Å². The molecule has 0 unspecified atom stereocenters. The van der Waals surface area contributed by atoms with Crippen molar-refractivity contribution in [3.8, 4) is 0 Å². The minimum absolute atomic E-state index is 0.000115. The molecule has 0 amide bonds. The number of halogens is 3. The van der Waals surface area contributed by atoms with E-state index < -0.39 is 22.7 Å². The van der Waals surface area contributed by atoms with Gasteiger partial charge in [0, 0.05) is 6.07 Å². The summed E-state index contributed by atoms with van der Waals surface area (Å²) >= 11 is 0. The average Bonchev–Trinajstić information content (AvgIpc) is 2.57. The van der Waals surface area contributed by atoms with Crippen molar-refractivity contribution in [1.82, 2.24) is 4.72 Å². The number of nitrogens with two attached hydrogens (primary N) is 1. The summed E-state index contributed by atoms with van der Waals surface area (Å²) in [4.78, 5) is -0.331. The number of furan rings is 1. The normalized spacial score (nSPS) is 13.0. The minimum Gasteiger partial charge on any atom is -0.464 e. The Labute approximate surface area is 95.8 Å². The molecule has 0 aliphatic carbocycles. The van der Waals surface area contributed by atoms with Crippen molar-refractivity contribution in [2.75, 3.05) is 6.54 Å². The lowest BCUT2D eigenvalue weighted by Gasteiger charge is -2.08. The van der Waals surface area contributed by atoms with E-state index in [1.165, 1.54) is 11.6 Å². The van der Waals surface area contributed by atoms with E-state index in [9.17, 15) is 21.6 Å². The second kappa shape index (κ2) is 4.67. The van der Waals surface area contributed by atoms with Crippen LogP contribution >= 0.6 is 0 Å². The second-order valence-electron chi connectivity index (χ2n) is 3.28. The highest BCUT2D eigenvalue weighted by Crippen LogP contribution is 2.21. The van der Waals surface area contributed by atoms with Crippen molar-refractivity contribution < 1.29 is 26.0 Å². The van der Waals surface area contributed by atoms with Crippen molar-refractivity contribution >= 4 is 10.0 Å². The highest BCUT2D eigenvalue weighted by atomic mass is 32.2. The average molecular weight is 272 g/mol. The van der Waals surface area contributed by atoms with Gasteiger partial charge in [0.05, 0.1) is 6.54 Å². The number of aryl methyl sites for hydroxylation is 1. The SMILES string of the molecule is Cc1oc(CN)cc1S(=O)(=O)NCC(F)(F)F. The Hall–Kier alpha value is -1.06. The topological polar surface area (TPSA) is 85.3 Å². The van der Waals surface area contributed by atoms with E-state index in [1.54, 1.807) is 0 Å². The molecule has 0 spiro atoms. The van der Waals surface area contributed by atoms with Crippen molar-refractivity contribution in [1.29, 1.82) is 0 Å². The third-order valence-electron chi connectivity index (χ3n) is 1.88. The first kappa shape index (κ1) is 14.0. The van der Waals surface area contributed by atoms with Gasteiger partial charge in [-0.05, 0) is 6.92 Å². The molecule has 1 rings (SSSR count). The van der Waals surface area contributed by atoms with Crippen LogP contribution in [0.15, 0.2) is 15.4 Å². The van der Waals surface area contributed by atoms with Gasteiger partial charge in [0.15, 0.2) is 0 Å². The first-order valence-electron chi connectivity index (χ1n) is 4.51. The molecule has 0 bridgehead atoms. The van der Waals surface area contributed by atoms with Crippen LogP contribution in [0.5, 0.6) is 0 Å². The Morgan fingerprint density at radius 2 is 2.06 bits per heavy atom. The summed E-state index contributed by atoms with van der Waals surface area (Å²) in [5.41, 5.74) is 5.23. The molecule has 3 N–H and O–H groups in total. The van der Waals surface area contributed by atoms with Crippen LogP contribution < -0.4 is 10.5 Å². The first-order valence-corrected chi connectivity index (χ1v) is 6.00. The van der Waals surface area contributed by atoms with Gasteiger partial charge in [-0.2, -0.15) is 13.2 Å². The maximum Gasteiger partial charge on any atom is 0.402 e. The van der Waals surface area contributed by atoms with Gasteiger partial charge >= 0.3 is 6.18 Å². The molecule has 0 aliphatic rings. The summed E-state index contributed by atoms with van der Waals surface area (Å²) in [6.07, 6.45) is -4.61. The van der Waals surface area contributed by atoms with Crippen molar-refractivity contribution in [3.05, 3.63) is 17.6 Å². The highest BCUT2D eigenvalue weighted by Gasteiger charge is 2.31. The zero-order valence-electron chi connectivity index (χ0n) is 8.84. The summed E-state index contributed by atoms with van der Waals surface area (Å²) in [6, 6.07) is 1.11. The van der Waals surface area contributed by atoms with E-state index in [-0.39, 0.29) is 23.0 Å². The Morgan fingerprint density at radius 1 is 1.47 bits per heavy atom. The largest absolute Gasteiger partial charge is 0.464 e. The molecule has 1 aromatic heterocycles. The smallest absolute Gasteiger partial charge is 0.402 e. The number of hydrogen-bond acceptors (Lipinski definition) is 4. The van der Waals surface area contributed by atoms with E-state index in [0.29, 0.717) is 0 Å². The van der Waals surface area contributed by atoms with Gasteiger partial charge < -0.3 is 10.2 Å². The number of rotatable bonds is 4. The number of hydrogen-bond donors (Lipinski definition) is 2. The fourth-order valence-corrected chi connectivity index (χ4v) is 2.36. The summed E-state index contributed by atoms with van der Waals surface area (Å²) in [7, 11) is -4.23. The summed E-state index contributed by atoms with van der Waals surface area (Å²) in [5, 5.41) is 0. The first-order chi connectivity index (χ1) is 7.65. The van der Waals surface area contributed by atoms with Crippen LogP contribution in [0, 0.1) is 6.92 Å². The number of alkyl halides is 3. The molecule has 0 aliphatic heterocycles. The molecule has 0 radical (unpaired) electrons. The Balaban J connectivity index is 2.93. The summed E-state index contributed by atoms with van der Waals surface area (Å²) < 4.78 is 65.1. The van der Waals surface area contributed by atoms with Crippen LogP contribution in [-0.4, -0.2) is 21.1 Å². The van der Waals surface area contributed by atoms with Gasteiger partial charge in [-0.1, -0.05) is 0 Å². The monoisotopic (exact) mass is 272 g/mol. The van der Waals surface area contributed by atoms with Crippen molar-refractivity contribution in [3.63, 3.8) is 0 Å². The molecule has 1 heterocycles. The molecule has 0 saturated heterocycles. The standard InChI is InChI=1S/C8H11F3N2O3S/c1-5-7(2-6(3-12)16-5)17(14,15)13-4-8(9,10)11/h2,13H,3-4,12H2,1H3. The van der Waals surface area contributed by atoms with Crippen molar-refractivity contribution in [2.45, 2.75) is 24.5 Å². The molecule has 98 valence electrons. The van der Waals surface area contributed by atoms with Crippen LogP contribution in [0.25, 0.3) is 0 Å². The Kier molecular flexibility index (Phi) is 3.84. The molecule has 0 aromatic carbocycles. The number of nitrogens with one attached hydrogen (secondary N) is 1. The molecule has 0 fully saturated rings. The Morgan fingerprint density at radius 3 is 2.47 bits per heavy atom. The lowest BCUT2D eigenvalue weighted by atomic mass is 10.4. The molecule has 1 aromatic rings. The van der Waals surface area contributed by atoms with E-state index in [4.69, 9.17) is 10.2 Å². The maximum absolute atomic E-state index is 11.9. The molecule has 0 saturated carbocycles. The van der Waals surface area contributed by atoms with Crippen LogP contribution in [0.3, 0.4) is 0 Å². The molecule has 9 heteroatoms. The van der Waals surface area contributed by atoms with Gasteiger partial charge in [-0.3, -0.25) is 0 Å². The van der Waals surface area contributed by atoms with Crippen LogP contribution in [0.2, 0.25) is 0 Å². The van der Waals surface area contributed by atoms with E-state index in [1.807, 2.05) is 0 Å². The molecular formula is C8H11F3N2O3S. The van der Waals surface area contributed by atoms with Gasteiger partial charge in [0.25, 0.3) is 0 Å². The quantitative estimate of drug-likeness (QED) is 0.852. The molecule has 17 heavy (non-hydrogen) atoms. The third-order valence-corrected chi connectivity index (χ3v) is 3.39. The molecular weight excluding hydrogens is 261 g/mol. The van der Waals surface area contributed by atoms with Gasteiger partial charge in [-0.25, -0.2) is 13.1 Å². The van der Waals surface area contributed by atoms with Gasteiger partial charge in [-0.15, -0.1) is 0 Å². The van der Waals surface area contributed by atoms with Gasteiger partial charge in [0.1, 0.15) is 23.0 Å². The summed E-state index contributed by atoms with van der Waals surface area (Å²) in [6.45, 7) is -0.325. The van der Waals surface area contributed by atoms with Crippen LogP contribution in [0.1, 0.15) is 11.5 Å². The van der Waals surface area contributed by atoms with Crippen LogP contribution in [-0.2, 0) is 16.6 Å². The highest BCUT2D eigenvalue weighted by molar-refractivity contribution is 7.89. The third kappa shape index (κ3) is 3.72. The predicted octanol–water partition coefficient (Wildman–Crippen LogP) is 0.887. The van der Waals surface area contributed by atoms with E-state index >= 15 is 0 Å². The number of sulfonamides is 1. The second-order valence-corrected chi connectivity index (χ2v) is 5.01.